The van der Waals surface area contributed by atoms with Crippen LogP contribution in [0, 0.1) is 6.92 Å². The third-order valence-electron chi connectivity index (χ3n) is 2.70. The Kier molecular flexibility index (Phi) is 2.81. The lowest BCUT2D eigenvalue weighted by Crippen LogP contribution is -2.30. The molecule has 0 unspecified atom stereocenters. The summed E-state index contributed by atoms with van der Waals surface area (Å²) in [6.45, 7) is 2.64. The lowest BCUT2D eigenvalue weighted by atomic mass is 10.1. The molecule has 0 saturated carbocycles. The van der Waals surface area contributed by atoms with E-state index < -0.39 is 6.03 Å². The van der Waals surface area contributed by atoms with Crippen LogP contribution in [0.25, 0.3) is 10.9 Å². The van der Waals surface area contributed by atoms with Gasteiger partial charge in [0.1, 0.15) is 0 Å². The van der Waals surface area contributed by atoms with Crippen LogP contribution in [0.1, 0.15) is 11.1 Å². The summed E-state index contributed by atoms with van der Waals surface area (Å²) < 4.78 is 0. The quantitative estimate of drug-likeness (QED) is 0.719. The Morgan fingerprint density at radius 2 is 2.31 bits per heavy atom. The van der Waals surface area contributed by atoms with E-state index in [4.69, 9.17) is 5.73 Å². The van der Waals surface area contributed by atoms with Gasteiger partial charge in [0, 0.05) is 23.6 Å². The van der Waals surface area contributed by atoms with E-state index in [1.807, 2.05) is 12.3 Å². The second-order valence-corrected chi connectivity index (χ2v) is 3.85. The normalized spacial score (nSPS) is 10.6. The maximum absolute atomic E-state index is 10.5. The Morgan fingerprint density at radius 1 is 1.50 bits per heavy atom. The first-order valence-electron chi connectivity index (χ1n) is 5.27. The van der Waals surface area contributed by atoms with Gasteiger partial charge in [-0.2, -0.15) is 0 Å². The van der Waals surface area contributed by atoms with Crippen molar-refractivity contribution < 1.29 is 4.79 Å². The SMILES string of the molecule is Cc1cccc2c(CCNC(N)=O)c[nH]c12. The Bertz CT molecular complexity index is 516. The molecule has 0 aliphatic rings. The number of rotatable bonds is 3. The zero-order chi connectivity index (χ0) is 11.5. The van der Waals surface area contributed by atoms with Crippen LogP contribution in [0.15, 0.2) is 24.4 Å². The smallest absolute Gasteiger partial charge is 0.312 e. The fraction of sp³-hybridized carbons (Fsp3) is 0.250. The van der Waals surface area contributed by atoms with Crippen LogP contribution >= 0.6 is 0 Å². The number of urea groups is 1. The number of aromatic amines is 1. The first-order valence-corrected chi connectivity index (χ1v) is 5.27. The minimum absolute atomic E-state index is 0.476. The van der Waals surface area contributed by atoms with Crippen LogP contribution in [0.2, 0.25) is 0 Å². The number of hydrogen-bond acceptors (Lipinski definition) is 1. The van der Waals surface area contributed by atoms with E-state index in [9.17, 15) is 4.79 Å². The van der Waals surface area contributed by atoms with Crippen molar-refractivity contribution in [3.8, 4) is 0 Å². The maximum atomic E-state index is 10.5. The fourth-order valence-corrected chi connectivity index (χ4v) is 1.89. The average Bonchev–Trinajstić information content (AvgIpc) is 2.63. The van der Waals surface area contributed by atoms with Crippen molar-refractivity contribution in [3.63, 3.8) is 0 Å². The molecular weight excluding hydrogens is 202 g/mol. The molecule has 0 aliphatic heterocycles. The predicted octanol–water partition coefficient (Wildman–Crippen LogP) is 1.69. The van der Waals surface area contributed by atoms with Gasteiger partial charge in [-0.25, -0.2) is 4.79 Å². The molecule has 0 saturated heterocycles. The standard InChI is InChI=1S/C12H15N3O/c1-8-3-2-4-10-9(7-15-11(8)10)5-6-14-12(13)16/h2-4,7,15H,5-6H2,1H3,(H3,13,14,16). The Hall–Kier alpha value is -1.97. The molecule has 16 heavy (non-hydrogen) atoms. The van der Waals surface area contributed by atoms with Crippen LogP contribution in [0.3, 0.4) is 0 Å². The van der Waals surface area contributed by atoms with Gasteiger partial charge in [0.25, 0.3) is 0 Å². The molecule has 0 atom stereocenters. The molecule has 1 heterocycles. The van der Waals surface area contributed by atoms with E-state index in [-0.39, 0.29) is 0 Å². The largest absolute Gasteiger partial charge is 0.361 e. The maximum Gasteiger partial charge on any atom is 0.312 e. The number of nitrogens with two attached hydrogens (primary N) is 1. The van der Waals surface area contributed by atoms with Crippen molar-refractivity contribution in [1.29, 1.82) is 0 Å². The topological polar surface area (TPSA) is 70.9 Å². The Labute approximate surface area is 93.8 Å². The van der Waals surface area contributed by atoms with Gasteiger partial charge in [-0.15, -0.1) is 0 Å². The molecule has 1 aromatic heterocycles. The van der Waals surface area contributed by atoms with Crippen molar-refractivity contribution in [2.45, 2.75) is 13.3 Å². The number of nitrogens with one attached hydrogen (secondary N) is 2. The predicted molar refractivity (Wildman–Crippen MR) is 64.3 cm³/mol. The first kappa shape index (κ1) is 10.5. The van der Waals surface area contributed by atoms with Crippen LogP contribution in [0.4, 0.5) is 4.79 Å². The first-order chi connectivity index (χ1) is 7.68. The third-order valence-corrected chi connectivity index (χ3v) is 2.70. The molecule has 0 spiro atoms. The number of amides is 2. The highest BCUT2D eigenvalue weighted by Gasteiger charge is 2.04. The minimum atomic E-state index is -0.476. The molecule has 84 valence electrons. The number of benzene rings is 1. The van der Waals surface area contributed by atoms with Gasteiger partial charge in [-0.05, 0) is 24.5 Å². The number of aryl methyl sites for hydroxylation is 1. The fourth-order valence-electron chi connectivity index (χ4n) is 1.89. The summed E-state index contributed by atoms with van der Waals surface area (Å²) in [6.07, 6.45) is 2.77. The van der Waals surface area contributed by atoms with Crippen molar-refractivity contribution in [3.05, 3.63) is 35.5 Å². The van der Waals surface area contributed by atoms with Gasteiger partial charge < -0.3 is 16.0 Å². The molecule has 1 aromatic carbocycles. The van der Waals surface area contributed by atoms with E-state index in [2.05, 4.69) is 29.4 Å². The number of H-pyrrole nitrogens is 1. The zero-order valence-electron chi connectivity index (χ0n) is 9.21. The molecular formula is C12H15N3O. The molecule has 4 heteroatoms. The second kappa shape index (κ2) is 4.26. The number of para-hydroxylation sites is 1. The Balaban J connectivity index is 2.19. The van der Waals surface area contributed by atoms with Crippen LogP contribution in [0.5, 0.6) is 0 Å². The molecule has 2 aromatic rings. The highest BCUT2D eigenvalue weighted by molar-refractivity contribution is 5.85. The van der Waals surface area contributed by atoms with Crippen molar-refractivity contribution in [2.75, 3.05) is 6.54 Å². The lowest BCUT2D eigenvalue weighted by molar-refractivity contribution is 0.249. The summed E-state index contributed by atoms with van der Waals surface area (Å²) in [6, 6.07) is 5.72. The molecule has 2 rings (SSSR count). The van der Waals surface area contributed by atoms with E-state index in [0.29, 0.717) is 6.54 Å². The van der Waals surface area contributed by atoms with Gasteiger partial charge in [-0.1, -0.05) is 18.2 Å². The third kappa shape index (κ3) is 2.00. The minimum Gasteiger partial charge on any atom is -0.361 e. The van der Waals surface area contributed by atoms with Crippen molar-refractivity contribution in [2.24, 2.45) is 5.73 Å². The van der Waals surface area contributed by atoms with E-state index in [0.717, 1.165) is 11.9 Å². The molecule has 4 nitrogen and oxygen atoms in total. The monoisotopic (exact) mass is 217 g/mol. The van der Waals surface area contributed by atoms with Crippen LogP contribution in [-0.2, 0) is 6.42 Å². The molecule has 0 aliphatic carbocycles. The Morgan fingerprint density at radius 3 is 3.06 bits per heavy atom. The van der Waals surface area contributed by atoms with E-state index in [1.54, 1.807) is 0 Å². The van der Waals surface area contributed by atoms with Gasteiger partial charge in [-0.3, -0.25) is 0 Å². The molecule has 0 fully saturated rings. The summed E-state index contributed by atoms with van der Waals surface area (Å²) in [5, 5.41) is 3.80. The van der Waals surface area contributed by atoms with Gasteiger partial charge in [0.05, 0.1) is 0 Å². The summed E-state index contributed by atoms with van der Waals surface area (Å²) in [5.74, 6) is 0. The number of hydrogen-bond donors (Lipinski definition) is 3. The zero-order valence-corrected chi connectivity index (χ0v) is 9.21. The van der Waals surface area contributed by atoms with Gasteiger partial charge >= 0.3 is 6.03 Å². The molecule has 2 amide bonds. The summed E-state index contributed by atoms with van der Waals surface area (Å²) in [7, 11) is 0. The highest BCUT2D eigenvalue weighted by atomic mass is 16.2. The number of carbonyl (C=O) groups excluding carboxylic acids is 1. The van der Waals surface area contributed by atoms with Crippen molar-refractivity contribution in [1.82, 2.24) is 10.3 Å². The van der Waals surface area contributed by atoms with Crippen LogP contribution < -0.4 is 11.1 Å². The summed E-state index contributed by atoms with van der Waals surface area (Å²) in [5.41, 5.74) is 8.60. The lowest BCUT2D eigenvalue weighted by Gasteiger charge is -2.01. The van der Waals surface area contributed by atoms with Crippen LogP contribution in [-0.4, -0.2) is 17.6 Å². The second-order valence-electron chi connectivity index (χ2n) is 3.85. The van der Waals surface area contributed by atoms with Gasteiger partial charge in [0.2, 0.25) is 0 Å². The molecule has 0 bridgehead atoms. The molecule has 4 N–H and O–H groups in total. The van der Waals surface area contributed by atoms with Crippen molar-refractivity contribution >= 4 is 16.9 Å². The number of primary amides is 1. The van der Waals surface area contributed by atoms with E-state index >= 15 is 0 Å². The van der Waals surface area contributed by atoms with Gasteiger partial charge in [0.15, 0.2) is 0 Å². The number of aromatic nitrogens is 1. The van der Waals surface area contributed by atoms with E-state index in [1.165, 1.54) is 16.5 Å². The number of fused-ring (bicyclic) bond motifs is 1. The number of carbonyl (C=O) groups is 1. The average molecular weight is 217 g/mol. The highest BCUT2D eigenvalue weighted by Crippen LogP contribution is 2.21. The molecule has 0 radical (unpaired) electrons. The summed E-state index contributed by atoms with van der Waals surface area (Å²) in [4.78, 5) is 13.8. The summed E-state index contributed by atoms with van der Waals surface area (Å²) >= 11 is 0.